The van der Waals surface area contributed by atoms with Crippen molar-refractivity contribution in [2.75, 3.05) is 6.61 Å². The van der Waals surface area contributed by atoms with E-state index in [0.29, 0.717) is 12.2 Å². The first-order valence-electron chi connectivity index (χ1n) is 4.94. The van der Waals surface area contributed by atoms with Crippen molar-refractivity contribution in [3.05, 3.63) is 41.5 Å². The lowest BCUT2D eigenvalue weighted by atomic mass is 10.1. The summed E-state index contributed by atoms with van der Waals surface area (Å²) in [5.74, 6) is 0.885. The summed E-state index contributed by atoms with van der Waals surface area (Å²) in [6.45, 7) is 8.19. The Kier molecular flexibility index (Phi) is 3.93. The molecule has 0 aliphatic rings. The Morgan fingerprint density at radius 2 is 2.00 bits per heavy atom. The van der Waals surface area contributed by atoms with Crippen molar-refractivity contribution in [3.63, 3.8) is 0 Å². The molecule has 0 aliphatic carbocycles. The van der Waals surface area contributed by atoms with Gasteiger partial charge in [0, 0.05) is 0 Å². The van der Waals surface area contributed by atoms with Gasteiger partial charge in [-0.3, -0.25) is 0 Å². The fourth-order valence-corrected chi connectivity index (χ4v) is 1.49. The topological polar surface area (TPSA) is 33.0 Å². The molecule has 0 unspecified atom stereocenters. The predicted molar refractivity (Wildman–Crippen MR) is 60.9 cm³/mol. The van der Waals surface area contributed by atoms with Gasteiger partial charge in [-0.2, -0.15) is 5.26 Å². The molecule has 0 aromatic heterocycles. The molecule has 15 heavy (non-hydrogen) atoms. The lowest BCUT2D eigenvalue weighted by Gasteiger charge is -2.11. The van der Waals surface area contributed by atoms with E-state index in [9.17, 15) is 0 Å². The molecule has 0 radical (unpaired) electrons. The van der Waals surface area contributed by atoms with Crippen molar-refractivity contribution >= 4 is 0 Å². The molecule has 0 amide bonds. The van der Waals surface area contributed by atoms with Crippen LogP contribution in [0.3, 0.4) is 0 Å². The molecule has 1 aromatic rings. The highest BCUT2D eigenvalue weighted by molar-refractivity contribution is 5.47. The third kappa shape index (κ3) is 2.85. The molecule has 0 spiro atoms. The Morgan fingerprint density at radius 1 is 1.40 bits per heavy atom. The van der Waals surface area contributed by atoms with Crippen LogP contribution in [0.4, 0.5) is 0 Å². The van der Waals surface area contributed by atoms with E-state index in [4.69, 9.17) is 10.00 Å². The summed E-state index contributed by atoms with van der Waals surface area (Å²) in [5.41, 5.74) is 2.70. The average Bonchev–Trinajstić information content (AvgIpc) is 2.22. The lowest BCUT2D eigenvalue weighted by molar-refractivity contribution is 0.320. The minimum absolute atomic E-state index is 0.636. The van der Waals surface area contributed by atoms with Crippen LogP contribution in [0.1, 0.15) is 23.1 Å². The number of benzene rings is 1. The van der Waals surface area contributed by atoms with E-state index in [2.05, 4.69) is 12.6 Å². The normalized spacial score (nSPS) is 9.40. The van der Waals surface area contributed by atoms with Gasteiger partial charge in [0.2, 0.25) is 0 Å². The summed E-state index contributed by atoms with van der Waals surface area (Å²) in [7, 11) is 0. The van der Waals surface area contributed by atoms with Gasteiger partial charge in [-0.05, 0) is 43.5 Å². The standard InChI is InChI=1S/C13H15NO/c1-4-5-6-15-13-10(2)7-12(9-14)8-11(13)3/h4,7-8H,1,5-6H2,2-3H3. The molecule has 0 bridgehead atoms. The number of ether oxygens (including phenoxy) is 1. The number of hydrogen-bond donors (Lipinski definition) is 0. The van der Waals surface area contributed by atoms with E-state index in [1.807, 2.05) is 32.1 Å². The van der Waals surface area contributed by atoms with Gasteiger partial charge in [-0.15, -0.1) is 6.58 Å². The highest BCUT2D eigenvalue weighted by Gasteiger charge is 2.05. The fourth-order valence-electron chi connectivity index (χ4n) is 1.49. The Bertz CT molecular complexity index is 378. The SMILES string of the molecule is C=CCCOc1c(C)cc(C#N)cc1C. The van der Waals surface area contributed by atoms with E-state index < -0.39 is 0 Å². The molecule has 0 aliphatic heterocycles. The Balaban J connectivity index is 2.89. The van der Waals surface area contributed by atoms with Crippen LogP contribution in [0, 0.1) is 25.2 Å². The Morgan fingerprint density at radius 3 is 2.47 bits per heavy atom. The first-order valence-corrected chi connectivity index (χ1v) is 4.94. The predicted octanol–water partition coefficient (Wildman–Crippen LogP) is 3.13. The average molecular weight is 201 g/mol. The van der Waals surface area contributed by atoms with E-state index in [0.717, 1.165) is 23.3 Å². The number of aryl methyl sites for hydroxylation is 2. The second kappa shape index (κ2) is 5.21. The molecule has 0 saturated carbocycles. The molecule has 2 nitrogen and oxygen atoms in total. The second-order valence-electron chi connectivity index (χ2n) is 3.48. The molecule has 0 N–H and O–H groups in total. The maximum Gasteiger partial charge on any atom is 0.125 e. The van der Waals surface area contributed by atoms with Gasteiger partial charge in [0.05, 0.1) is 18.2 Å². The number of nitrogens with zero attached hydrogens (tertiary/aromatic N) is 1. The third-order valence-corrected chi connectivity index (χ3v) is 2.16. The summed E-state index contributed by atoms with van der Waals surface area (Å²) in [6.07, 6.45) is 2.66. The van der Waals surface area contributed by atoms with Gasteiger partial charge in [0.15, 0.2) is 0 Å². The van der Waals surface area contributed by atoms with Crippen molar-refractivity contribution in [1.29, 1.82) is 5.26 Å². The molecular weight excluding hydrogens is 186 g/mol. The Hall–Kier alpha value is -1.75. The summed E-state index contributed by atoms with van der Waals surface area (Å²) >= 11 is 0. The van der Waals surface area contributed by atoms with Crippen LogP contribution in [-0.2, 0) is 0 Å². The second-order valence-corrected chi connectivity index (χ2v) is 3.48. The monoisotopic (exact) mass is 201 g/mol. The van der Waals surface area contributed by atoms with Crippen LogP contribution in [0.5, 0.6) is 5.75 Å². The molecule has 0 atom stereocenters. The molecule has 0 fully saturated rings. The molecule has 78 valence electrons. The summed E-state index contributed by atoms with van der Waals surface area (Å²) in [6, 6.07) is 5.82. The number of rotatable bonds is 4. The number of nitriles is 1. The van der Waals surface area contributed by atoms with Gasteiger partial charge < -0.3 is 4.74 Å². The van der Waals surface area contributed by atoms with E-state index in [-0.39, 0.29) is 0 Å². The summed E-state index contributed by atoms with van der Waals surface area (Å²) < 4.78 is 5.63. The smallest absolute Gasteiger partial charge is 0.125 e. The van der Waals surface area contributed by atoms with E-state index in [1.165, 1.54) is 0 Å². The summed E-state index contributed by atoms with van der Waals surface area (Å²) in [4.78, 5) is 0. The summed E-state index contributed by atoms with van der Waals surface area (Å²) in [5, 5.41) is 8.79. The van der Waals surface area contributed by atoms with E-state index in [1.54, 1.807) is 0 Å². The van der Waals surface area contributed by atoms with Crippen LogP contribution in [0.15, 0.2) is 24.8 Å². The van der Waals surface area contributed by atoms with Crippen LogP contribution in [-0.4, -0.2) is 6.61 Å². The molecule has 2 heteroatoms. The Labute approximate surface area is 90.8 Å². The van der Waals surface area contributed by atoms with Crippen molar-refractivity contribution in [3.8, 4) is 11.8 Å². The molecule has 0 heterocycles. The zero-order chi connectivity index (χ0) is 11.3. The van der Waals surface area contributed by atoms with E-state index >= 15 is 0 Å². The largest absolute Gasteiger partial charge is 0.493 e. The lowest BCUT2D eigenvalue weighted by Crippen LogP contribution is -2.00. The minimum atomic E-state index is 0.636. The van der Waals surface area contributed by atoms with Crippen molar-refractivity contribution < 1.29 is 4.74 Å². The fraction of sp³-hybridized carbons (Fsp3) is 0.308. The van der Waals surface area contributed by atoms with Crippen molar-refractivity contribution in [2.45, 2.75) is 20.3 Å². The van der Waals surface area contributed by atoms with Gasteiger partial charge in [-0.25, -0.2) is 0 Å². The highest BCUT2D eigenvalue weighted by atomic mass is 16.5. The maximum atomic E-state index is 8.79. The number of hydrogen-bond acceptors (Lipinski definition) is 2. The van der Waals surface area contributed by atoms with Crippen molar-refractivity contribution in [2.24, 2.45) is 0 Å². The van der Waals surface area contributed by atoms with Crippen LogP contribution in [0.25, 0.3) is 0 Å². The minimum Gasteiger partial charge on any atom is -0.493 e. The highest BCUT2D eigenvalue weighted by Crippen LogP contribution is 2.24. The van der Waals surface area contributed by atoms with Gasteiger partial charge in [0.1, 0.15) is 5.75 Å². The van der Waals surface area contributed by atoms with Crippen LogP contribution in [0.2, 0.25) is 0 Å². The quantitative estimate of drug-likeness (QED) is 0.554. The zero-order valence-electron chi connectivity index (χ0n) is 9.21. The van der Waals surface area contributed by atoms with Crippen molar-refractivity contribution in [1.82, 2.24) is 0 Å². The molecular formula is C13H15NO. The van der Waals surface area contributed by atoms with Gasteiger partial charge in [-0.1, -0.05) is 6.08 Å². The third-order valence-electron chi connectivity index (χ3n) is 2.16. The van der Waals surface area contributed by atoms with Crippen LogP contribution >= 0.6 is 0 Å². The molecule has 1 rings (SSSR count). The molecule has 1 aromatic carbocycles. The first kappa shape index (κ1) is 11.3. The molecule has 0 saturated heterocycles. The van der Waals surface area contributed by atoms with Crippen LogP contribution < -0.4 is 4.74 Å². The first-order chi connectivity index (χ1) is 7.19. The van der Waals surface area contributed by atoms with Gasteiger partial charge in [0.25, 0.3) is 0 Å². The maximum absolute atomic E-state index is 8.79. The zero-order valence-corrected chi connectivity index (χ0v) is 9.21. The van der Waals surface area contributed by atoms with Gasteiger partial charge >= 0.3 is 0 Å².